The average molecular weight is 412 g/mol. The first-order chi connectivity index (χ1) is 12.5. The fourth-order valence-electron chi connectivity index (χ4n) is 2.93. The Kier molecular flexibility index (Phi) is 5.38. The standard InChI is InChI=1S/C21H18BrNO3/c1-14-19(21(25)26-2)17(12-16-10-6-7-11-18(16)22)20(24)23(14)13-15-8-4-3-5-9-15/h3-12H,13H2,1-2H3/b17-12-. The number of methoxy groups -OCH3 is 1. The summed E-state index contributed by atoms with van der Waals surface area (Å²) in [5.41, 5.74) is 3.07. The highest BCUT2D eigenvalue weighted by molar-refractivity contribution is 9.10. The van der Waals surface area contributed by atoms with Gasteiger partial charge in [-0.05, 0) is 30.2 Å². The Labute approximate surface area is 160 Å². The molecule has 0 bridgehead atoms. The molecule has 1 aliphatic rings. The van der Waals surface area contributed by atoms with Crippen molar-refractivity contribution in [3.63, 3.8) is 0 Å². The minimum absolute atomic E-state index is 0.206. The number of benzene rings is 2. The van der Waals surface area contributed by atoms with Crippen molar-refractivity contribution in [3.05, 3.63) is 87.0 Å². The predicted octanol–water partition coefficient (Wildman–Crippen LogP) is 4.32. The fourth-order valence-corrected chi connectivity index (χ4v) is 3.33. The van der Waals surface area contributed by atoms with Crippen molar-refractivity contribution in [2.24, 2.45) is 0 Å². The average Bonchev–Trinajstić information content (AvgIpc) is 2.88. The SMILES string of the molecule is COC(=O)C1=C(C)N(Cc2ccccc2)C(=O)/C1=C\c1ccccc1Br. The van der Waals surface area contributed by atoms with E-state index in [4.69, 9.17) is 4.74 Å². The van der Waals surface area contributed by atoms with E-state index in [0.29, 0.717) is 23.4 Å². The number of halogens is 1. The first kappa shape index (κ1) is 18.1. The van der Waals surface area contributed by atoms with Crippen molar-refractivity contribution >= 4 is 33.9 Å². The van der Waals surface area contributed by atoms with Crippen LogP contribution in [0.25, 0.3) is 6.08 Å². The van der Waals surface area contributed by atoms with Gasteiger partial charge in [-0.3, -0.25) is 4.79 Å². The number of carbonyl (C=O) groups is 2. The topological polar surface area (TPSA) is 46.6 Å². The number of hydrogen-bond donors (Lipinski definition) is 0. The van der Waals surface area contributed by atoms with E-state index in [1.54, 1.807) is 17.9 Å². The highest BCUT2D eigenvalue weighted by Gasteiger charge is 2.37. The van der Waals surface area contributed by atoms with Crippen LogP contribution in [-0.2, 0) is 20.9 Å². The van der Waals surface area contributed by atoms with Gasteiger partial charge in [0.05, 0.1) is 24.8 Å². The minimum Gasteiger partial charge on any atom is -0.465 e. The Balaban J connectivity index is 2.05. The number of rotatable bonds is 4. The van der Waals surface area contributed by atoms with Crippen LogP contribution in [0.15, 0.2) is 75.9 Å². The van der Waals surface area contributed by atoms with Gasteiger partial charge >= 0.3 is 5.97 Å². The Morgan fingerprint density at radius 2 is 1.77 bits per heavy atom. The molecular formula is C21H18BrNO3. The summed E-state index contributed by atoms with van der Waals surface area (Å²) >= 11 is 3.48. The van der Waals surface area contributed by atoms with Crippen LogP contribution in [0.4, 0.5) is 0 Å². The van der Waals surface area contributed by atoms with Gasteiger partial charge in [0.25, 0.3) is 5.91 Å². The van der Waals surface area contributed by atoms with Gasteiger partial charge in [0.15, 0.2) is 0 Å². The Morgan fingerprint density at radius 1 is 1.12 bits per heavy atom. The molecule has 0 saturated carbocycles. The Morgan fingerprint density at radius 3 is 2.42 bits per heavy atom. The largest absolute Gasteiger partial charge is 0.465 e. The summed E-state index contributed by atoms with van der Waals surface area (Å²) in [6.45, 7) is 2.17. The summed E-state index contributed by atoms with van der Waals surface area (Å²) in [7, 11) is 1.32. The number of carbonyl (C=O) groups excluding carboxylic acids is 2. The number of esters is 1. The molecule has 5 heteroatoms. The second kappa shape index (κ2) is 7.70. The summed E-state index contributed by atoms with van der Waals surface area (Å²) in [6, 6.07) is 17.2. The summed E-state index contributed by atoms with van der Waals surface area (Å²) < 4.78 is 5.77. The second-order valence-electron chi connectivity index (χ2n) is 5.91. The molecule has 0 aliphatic carbocycles. The molecule has 1 aliphatic heterocycles. The first-order valence-electron chi connectivity index (χ1n) is 8.14. The Hall–Kier alpha value is -2.66. The monoisotopic (exact) mass is 411 g/mol. The van der Waals surface area contributed by atoms with Crippen LogP contribution in [0.1, 0.15) is 18.1 Å². The van der Waals surface area contributed by atoms with E-state index in [1.807, 2.05) is 54.6 Å². The van der Waals surface area contributed by atoms with Gasteiger partial charge in [-0.1, -0.05) is 64.5 Å². The highest BCUT2D eigenvalue weighted by atomic mass is 79.9. The van der Waals surface area contributed by atoms with E-state index in [9.17, 15) is 9.59 Å². The van der Waals surface area contributed by atoms with Gasteiger partial charge in [-0.15, -0.1) is 0 Å². The van der Waals surface area contributed by atoms with Crippen LogP contribution in [0, 0.1) is 0 Å². The van der Waals surface area contributed by atoms with Crippen molar-refractivity contribution in [1.82, 2.24) is 4.90 Å². The van der Waals surface area contributed by atoms with E-state index in [-0.39, 0.29) is 5.91 Å². The maximum Gasteiger partial charge on any atom is 0.340 e. The van der Waals surface area contributed by atoms with Gasteiger partial charge in [0.2, 0.25) is 0 Å². The zero-order valence-electron chi connectivity index (χ0n) is 14.5. The lowest BCUT2D eigenvalue weighted by atomic mass is 10.0. The third-order valence-electron chi connectivity index (χ3n) is 4.29. The van der Waals surface area contributed by atoms with Crippen LogP contribution in [0.5, 0.6) is 0 Å². The summed E-state index contributed by atoms with van der Waals surface area (Å²) in [6.07, 6.45) is 1.73. The first-order valence-corrected chi connectivity index (χ1v) is 8.93. The molecule has 4 nitrogen and oxygen atoms in total. The summed E-state index contributed by atoms with van der Waals surface area (Å²) in [5.74, 6) is -0.716. The maximum absolute atomic E-state index is 13.1. The molecule has 26 heavy (non-hydrogen) atoms. The third kappa shape index (κ3) is 3.48. The number of amides is 1. The van der Waals surface area contributed by atoms with E-state index >= 15 is 0 Å². The highest BCUT2D eigenvalue weighted by Crippen LogP contribution is 2.33. The summed E-state index contributed by atoms with van der Waals surface area (Å²) in [5, 5.41) is 0. The predicted molar refractivity (Wildman–Crippen MR) is 104 cm³/mol. The summed E-state index contributed by atoms with van der Waals surface area (Å²) in [4.78, 5) is 27.0. The Bertz CT molecular complexity index is 916. The van der Waals surface area contributed by atoms with E-state index < -0.39 is 5.97 Å². The number of nitrogens with zero attached hydrogens (tertiary/aromatic N) is 1. The van der Waals surface area contributed by atoms with Crippen molar-refractivity contribution in [1.29, 1.82) is 0 Å². The molecule has 132 valence electrons. The molecule has 2 aromatic rings. The van der Waals surface area contributed by atoms with E-state index in [2.05, 4.69) is 15.9 Å². The zero-order chi connectivity index (χ0) is 18.7. The van der Waals surface area contributed by atoms with Crippen LogP contribution in [-0.4, -0.2) is 23.9 Å². The molecule has 0 saturated heterocycles. The molecule has 1 amide bonds. The van der Waals surface area contributed by atoms with E-state index in [1.165, 1.54) is 7.11 Å². The zero-order valence-corrected chi connectivity index (χ0v) is 16.1. The molecule has 0 atom stereocenters. The third-order valence-corrected chi connectivity index (χ3v) is 5.01. The van der Waals surface area contributed by atoms with Crippen LogP contribution >= 0.6 is 15.9 Å². The molecule has 0 radical (unpaired) electrons. The number of hydrogen-bond acceptors (Lipinski definition) is 3. The van der Waals surface area contributed by atoms with Crippen LogP contribution < -0.4 is 0 Å². The molecule has 2 aromatic carbocycles. The lowest BCUT2D eigenvalue weighted by molar-refractivity contribution is -0.136. The van der Waals surface area contributed by atoms with Crippen molar-refractivity contribution < 1.29 is 14.3 Å². The second-order valence-corrected chi connectivity index (χ2v) is 6.76. The van der Waals surface area contributed by atoms with Crippen LogP contribution in [0.3, 0.4) is 0 Å². The molecular weight excluding hydrogens is 394 g/mol. The van der Waals surface area contributed by atoms with Gasteiger partial charge < -0.3 is 9.64 Å². The molecule has 0 fully saturated rings. The van der Waals surface area contributed by atoms with Crippen molar-refractivity contribution in [2.45, 2.75) is 13.5 Å². The van der Waals surface area contributed by atoms with E-state index in [0.717, 1.165) is 15.6 Å². The molecule has 0 N–H and O–H groups in total. The van der Waals surface area contributed by atoms with Crippen molar-refractivity contribution in [3.8, 4) is 0 Å². The number of ether oxygens (including phenoxy) is 1. The molecule has 3 rings (SSSR count). The minimum atomic E-state index is -0.510. The lowest BCUT2D eigenvalue weighted by Gasteiger charge is -2.17. The maximum atomic E-state index is 13.1. The van der Waals surface area contributed by atoms with Gasteiger partial charge in [-0.2, -0.15) is 0 Å². The molecule has 0 unspecified atom stereocenters. The molecule has 0 spiro atoms. The van der Waals surface area contributed by atoms with Gasteiger partial charge in [-0.25, -0.2) is 4.79 Å². The van der Waals surface area contributed by atoms with Crippen molar-refractivity contribution in [2.75, 3.05) is 7.11 Å². The smallest absolute Gasteiger partial charge is 0.340 e. The fraction of sp³-hybridized carbons (Fsp3) is 0.143. The normalized spacial score (nSPS) is 15.7. The molecule has 1 heterocycles. The molecule has 0 aromatic heterocycles. The van der Waals surface area contributed by atoms with Gasteiger partial charge in [0.1, 0.15) is 0 Å². The quantitative estimate of drug-likeness (QED) is 0.555. The number of allylic oxidation sites excluding steroid dienone is 1. The van der Waals surface area contributed by atoms with Crippen LogP contribution in [0.2, 0.25) is 0 Å². The van der Waals surface area contributed by atoms with Gasteiger partial charge in [0, 0.05) is 10.2 Å². The lowest BCUT2D eigenvalue weighted by Crippen LogP contribution is -2.24.